The highest BCUT2D eigenvalue weighted by Gasteiger charge is 2.49. The van der Waals surface area contributed by atoms with Crippen molar-refractivity contribution in [2.75, 3.05) is 18.8 Å². The van der Waals surface area contributed by atoms with Gasteiger partial charge in [-0.3, -0.25) is 9.59 Å². The molecule has 1 saturated heterocycles. The summed E-state index contributed by atoms with van der Waals surface area (Å²) in [6.45, 7) is 4.29. The second kappa shape index (κ2) is 7.17. The van der Waals surface area contributed by atoms with Gasteiger partial charge in [0, 0.05) is 13.1 Å². The molecule has 2 heterocycles. The number of piperidine rings is 1. The Hall–Kier alpha value is -2.15. The number of aromatic nitrogens is 1. The van der Waals surface area contributed by atoms with Crippen LogP contribution in [0, 0.1) is 11.3 Å². The Morgan fingerprint density at radius 3 is 2.75 bits per heavy atom. The van der Waals surface area contributed by atoms with E-state index in [1.54, 1.807) is 18.2 Å². The van der Waals surface area contributed by atoms with E-state index in [0.29, 0.717) is 25.3 Å². The molecule has 1 aromatic heterocycles. The van der Waals surface area contributed by atoms with Crippen LogP contribution in [0.4, 0.5) is 5.82 Å². The number of pyridine rings is 1. The Bertz CT molecular complexity index is 620. The van der Waals surface area contributed by atoms with Crippen LogP contribution in [0.5, 0.6) is 0 Å². The third kappa shape index (κ3) is 3.67. The summed E-state index contributed by atoms with van der Waals surface area (Å²) in [5.41, 5.74) is 4.47. The maximum absolute atomic E-state index is 12.6. The van der Waals surface area contributed by atoms with Crippen LogP contribution in [0.25, 0.3) is 0 Å². The van der Waals surface area contributed by atoms with E-state index in [4.69, 9.17) is 5.73 Å². The minimum atomic E-state index is -1.33. The maximum atomic E-state index is 12.6. The monoisotopic (exact) mass is 335 g/mol. The number of nitrogens with two attached hydrogens (primary N) is 1. The van der Waals surface area contributed by atoms with Crippen molar-refractivity contribution < 1.29 is 19.8 Å². The van der Waals surface area contributed by atoms with Crippen molar-refractivity contribution in [3.05, 3.63) is 23.9 Å². The second-order valence-electron chi connectivity index (χ2n) is 6.87. The molecule has 0 saturated carbocycles. The van der Waals surface area contributed by atoms with E-state index in [2.05, 4.69) is 4.98 Å². The number of carbonyl (C=O) groups excluding carboxylic acids is 1. The quantitative estimate of drug-likeness (QED) is 0.748. The summed E-state index contributed by atoms with van der Waals surface area (Å²) in [6, 6.07) is 4.78. The summed E-state index contributed by atoms with van der Waals surface area (Å²) in [6.07, 6.45) is 0.266. The number of nitrogen functional groups attached to an aromatic ring is 1. The zero-order chi connectivity index (χ0) is 17.9. The summed E-state index contributed by atoms with van der Waals surface area (Å²) in [7, 11) is 0. The van der Waals surface area contributed by atoms with E-state index >= 15 is 0 Å². The molecule has 0 aliphatic carbocycles. The average molecular weight is 335 g/mol. The van der Waals surface area contributed by atoms with Crippen LogP contribution in [-0.2, 0) is 4.79 Å². The Balaban J connectivity index is 2.24. The second-order valence-corrected chi connectivity index (χ2v) is 6.87. The normalized spacial score (nSPS) is 24.2. The third-order valence-corrected chi connectivity index (χ3v) is 4.65. The minimum Gasteiger partial charge on any atom is -0.481 e. The first kappa shape index (κ1) is 18.2. The average Bonchev–Trinajstić information content (AvgIpc) is 2.53. The number of aliphatic carboxylic acids is 1. The molecule has 0 spiro atoms. The smallest absolute Gasteiger partial charge is 0.314 e. The van der Waals surface area contributed by atoms with Crippen molar-refractivity contribution in [3.8, 4) is 0 Å². The molecule has 0 aromatic carbocycles. The minimum absolute atomic E-state index is 0.0223. The molecule has 132 valence electrons. The standard InChI is InChI=1S/C17H25N3O4/c1-11(2)6-8-17(16(23)24)10-20(9-7-13(17)21)15(22)12-4-3-5-14(18)19-12/h3-5,11,13,21H,6-10H2,1-2H3,(H2,18,19)(H,23,24)/t13-,17+/m0/s1. The highest BCUT2D eigenvalue weighted by molar-refractivity contribution is 5.93. The van der Waals surface area contributed by atoms with Gasteiger partial charge in [-0.2, -0.15) is 0 Å². The summed E-state index contributed by atoms with van der Waals surface area (Å²) < 4.78 is 0. The van der Waals surface area contributed by atoms with Crippen molar-refractivity contribution in [3.63, 3.8) is 0 Å². The zero-order valence-corrected chi connectivity index (χ0v) is 14.1. The Morgan fingerprint density at radius 1 is 1.46 bits per heavy atom. The van der Waals surface area contributed by atoms with Crippen LogP contribution in [0.1, 0.15) is 43.6 Å². The van der Waals surface area contributed by atoms with Crippen molar-refractivity contribution in [2.24, 2.45) is 11.3 Å². The molecule has 24 heavy (non-hydrogen) atoms. The molecule has 7 nitrogen and oxygen atoms in total. The van der Waals surface area contributed by atoms with E-state index in [1.807, 2.05) is 13.8 Å². The van der Waals surface area contributed by atoms with E-state index < -0.39 is 17.5 Å². The van der Waals surface area contributed by atoms with Gasteiger partial charge in [0.2, 0.25) is 0 Å². The highest BCUT2D eigenvalue weighted by atomic mass is 16.4. The van der Waals surface area contributed by atoms with Crippen LogP contribution in [-0.4, -0.2) is 51.2 Å². The molecule has 1 aliphatic heterocycles. The molecule has 7 heteroatoms. The van der Waals surface area contributed by atoms with Gasteiger partial charge in [-0.25, -0.2) is 4.98 Å². The summed E-state index contributed by atoms with van der Waals surface area (Å²) in [5, 5.41) is 20.1. The van der Waals surface area contributed by atoms with Crippen LogP contribution >= 0.6 is 0 Å². The number of anilines is 1. The Morgan fingerprint density at radius 2 is 2.17 bits per heavy atom. The first-order chi connectivity index (χ1) is 11.3. The topological polar surface area (TPSA) is 117 Å². The number of hydrogen-bond donors (Lipinski definition) is 3. The summed E-state index contributed by atoms with van der Waals surface area (Å²) >= 11 is 0. The third-order valence-electron chi connectivity index (χ3n) is 4.65. The number of likely N-dealkylation sites (tertiary alicyclic amines) is 1. The lowest BCUT2D eigenvalue weighted by molar-refractivity contribution is -0.163. The van der Waals surface area contributed by atoms with Gasteiger partial charge in [-0.15, -0.1) is 0 Å². The van der Waals surface area contributed by atoms with E-state index in [0.717, 1.165) is 0 Å². The molecule has 1 aromatic rings. The fourth-order valence-corrected chi connectivity index (χ4v) is 3.09. The zero-order valence-electron chi connectivity index (χ0n) is 14.1. The first-order valence-corrected chi connectivity index (χ1v) is 8.19. The number of carbonyl (C=O) groups is 2. The number of aliphatic hydroxyl groups is 1. The predicted octanol–water partition coefficient (Wildman–Crippen LogP) is 1.38. The van der Waals surface area contributed by atoms with Gasteiger partial charge >= 0.3 is 5.97 Å². The van der Waals surface area contributed by atoms with E-state index in [1.165, 1.54) is 4.90 Å². The summed E-state index contributed by atoms with van der Waals surface area (Å²) in [5.74, 6) is -0.865. The number of carboxylic acids is 1. The molecule has 1 fully saturated rings. The van der Waals surface area contributed by atoms with Crippen LogP contribution in [0.2, 0.25) is 0 Å². The van der Waals surface area contributed by atoms with Gasteiger partial charge < -0.3 is 20.8 Å². The van der Waals surface area contributed by atoms with Gasteiger partial charge in [0.25, 0.3) is 5.91 Å². The first-order valence-electron chi connectivity index (χ1n) is 8.19. The molecule has 0 radical (unpaired) electrons. The lowest BCUT2D eigenvalue weighted by atomic mass is 9.72. The van der Waals surface area contributed by atoms with E-state index in [-0.39, 0.29) is 30.4 Å². The summed E-state index contributed by atoms with van der Waals surface area (Å²) in [4.78, 5) is 30.0. The molecule has 1 amide bonds. The van der Waals surface area contributed by atoms with Gasteiger partial charge in [-0.1, -0.05) is 19.9 Å². The molecule has 4 N–H and O–H groups in total. The van der Waals surface area contributed by atoms with Gasteiger partial charge in [0.15, 0.2) is 0 Å². The molecular weight excluding hydrogens is 310 g/mol. The molecule has 2 rings (SSSR count). The van der Waals surface area contributed by atoms with Crippen LogP contribution < -0.4 is 5.73 Å². The van der Waals surface area contributed by atoms with E-state index in [9.17, 15) is 19.8 Å². The maximum Gasteiger partial charge on any atom is 0.314 e. The van der Waals surface area contributed by atoms with Gasteiger partial charge in [0.05, 0.1) is 6.10 Å². The number of amides is 1. The van der Waals surface area contributed by atoms with Crippen molar-refractivity contribution >= 4 is 17.7 Å². The van der Waals surface area contributed by atoms with Crippen molar-refractivity contribution in [1.82, 2.24) is 9.88 Å². The predicted molar refractivity (Wildman–Crippen MR) is 89.3 cm³/mol. The SMILES string of the molecule is CC(C)CC[C@@]1(C(=O)O)CN(C(=O)c2cccc(N)n2)CC[C@@H]1O. The number of aliphatic hydroxyl groups excluding tert-OH is 1. The lowest BCUT2D eigenvalue weighted by Crippen LogP contribution is -2.57. The number of rotatable bonds is 5. The molecule has 2 atom stereocenters. The Kier molecular flexibility index (Phi) is 5.43. The van der Waals surface area contributed by atoms with Crippen LogP contribution in [0.15, 0.2) is 18.2 Å². The fourth-order valence-electron chi connectivity index (χ4n) is 3.09. The molecule has 1 aliphatic rings. The lowest BCUT2D eigenvalue weighted by Gasteiger charge is -2.43. The highest BCUT2D eigenvalue weighted by Crippen LogP contribution is 2.37. The molecular formula is C17H25N3O4. The van der Waals surface area contributed by atoms with Gasteiger partial charge in [0.1, 0.15) is 16.9 Å². The number of hydrogen-bond acceptors (Lipinski definition) is 5. The molecule has 0 bridgehead atoms. The van der Waals surface area contributed by atoms with Crippen molar-refractivity contribution in [2.45, 2.75) is 39.2 Å². The van der Waals surface area contributed by atoms with Gasteiger partial charge in [-0.05, 0) is 37.3 Å². The molecule has 0 unspecified atom stereocenters. The van der Waals surface area contributed by atoms with Crippen molar-refractivity contribution in [1.29, 1.82) is 0 Å². The largest absolute Gasteiger partial charge is 0.481 e. The number of carboxylic acid groups (broad SMARTS) is 1. The fraction of sp³-hybridized carbons (Fsp3) is 0.588. The van der Waals surface area contributed by atoms with Crippen LogP contribution in [0.3, 0.4) is 0 Å². The Labute approximate surface area is 141 Å². The number of nitrogens with zero attached hydrogens (tertiary/aromatic N) is 2.